The fourth-order valence-corrected chi connectivity index (χ4v) is 2.71. The topological polar surface area (TPSA) is 51.7 Å². The number of hydrogen-bond acceptors (Lipinski definition) is 4. The van der Waals surface area contributed by atoms with Crippen molar-refractivity contribution in [3.8, 4) is 16.9 Å². The average Bonchev–Trinajstić information content (AvgIpc) is 2.90. The van der Waals surface area contributed by atoms with Crippen LogP contribution in [-0.4, -0.2) is 35.2 Å². The highest BCUT2D eigenvalue weighted by Crippen LogP contribution is 2.29. The van der Waals surface area contributed by atoms with Crippen LogP contribution in [0.2, 0.25) is 0 Å². The number of aryl methyl sites for hydroxylation is 1. The molecule has 0 radical (unpaired) electrons. The van der Waals surface area contributed by atoms with E-state index in [9.17, 15) is 18.0 Å². The Kier molecular flexibility index (Phi) is 5.01. The molecule has 1 aromatic heterocycles. The number of aromatic nitrogens is 1. The lowest BCUT2D eigenvalue weighted by Crippen LogP contribution is -2.30. The van der Waals surface area contributed by atoms with Gasteiger partial charge in [0.1, 0.15) is 6.61 Å². The number of pyridine rings is 1. The van der Waals surface area contributed by atoms with E-state index in [4.69, 9.17) is 4.74 Å². The zero-order chi connectivity index (χ0) is 18.8. The van der Waals surface area contributed by atoms with Gasteiger partial charge in [0.05, 0.1) is 12.6 Å². The summed E-state index contributed by atoms with van der Waals surface area (Å²) in [5.41, 5.74) is 2.60. The normalized spacial score (nSPS) is 16.9. The molecule has 1 saturated heterocycles. The third-order valence-electron chi connectivity index (χ3n) is 4.23. The molecule has 138 valence electrons. The molecule has 0 aliphatic carbocycles. The highest BCUT2D eigenvalue weighted by molar-refractivity contribution is 5.70. The number of halogens is 3. The summed E-state index contributed by atoms with van der Waals surface area (Å²) in [6.45, 7) is 1.21. The number of rotatable bonds is 5. The Morgan fingerprint density at radius 2 is 2.12 bits per heavy atom. The molecule has 0 saturated carbocycles. The van der Waals surface area contributed by atoms with E-state index >= 15 is 0 Å². The Hall–Kier alpha value is -2.77. The Balaban J connectivity index is 1.91. The van der Waals surface area contributed by atoms with Gasteiger partial charge in [-0.05, 0) is 43.2 Å². The molecule has 8 heteroatoms. The number of amides is 1. The summed E-state index contributed by atoms with van der Waals surface area (Å²) in [7, 11) is 0. The van der Waals surface area contributed by atoms with Crippen LogP contribution in [0.15, 0.2) is 30.5 Å². The van der Waals surface area contributed by atoms with Gasteiger partial charge in [0, 0.05) is 17.5 Å². The number of carbonyl (C=O) groups excluding carboxylic acids is 1. The highest BCUT2D eigenvalue weighted by atomic mass is 19.3. The van der Waals surface area contributed by atoms with Crippen molar-refractivity contribution in [2.24, 2.45) is 0 Å². The van der Waals surface area contributed by atoms with Gasteiger partial charge in [-0.25, -0.2) is 9.18 Å². The second kappa shape index (κ2) is 7.23. The first-order chi connectivity index (χ1) is 12.3. The lowest BCUT2D eigenvalue weighted by molar-refractivity contribution is -0.0521. The van der Waals surface area contributed by atoms with Crippen LogP contribution < -0.4 is 4.74 Å². The number of carbonyl (C=O) groups is 1. The third-order valence-corrected chi connectivity index (χ3v) is 4.23. The van der Waals surface area contributed by atoms with Crippen molar-refractivity contribution in [2.75, 3.05) is 6.61 Å². The Morgan fingerprint density at radius 1 is 1.35 bits per heavy atom. The molecule has 3 rings (SSSR count). The number of benzene rings is 1. The van der Waals surface area contributed by atoms with E-state index in [0.29, 0.717) is 24.3 Å². The summed E-state index contributed by atoms with van der Waals surface area (Å²) in [4.78, 5) is 17.7. The van der Waals surface area contributed by atoms with E-state index in [1.165, 1.54) is 12.1 Å². The molecular formula is C18H17F3N2O3. The minimum Gasteiger partial charge on any atom is -0.447 e. The van der Waals surface area contributed by atoms with Gasteiger partial charge in [-0.3, -0.25) is 9.88 Å². The summed E-state index contributed by atoms with van der Waals surface area (Å²) in [5, 5.41) is 0. The van der Waals surface area contributed by atoms with E-state index in [-0.39, 0.29) is 6.04 Å². The average molecular weight is 366 g/mol. The zero-order valence-electron chi connectivity index (χ0n) is 14.2. The van der Waals surface area contributed by atoms with Gasteiger partial charge in [0.25, 0.3) is 0 Å². The molecule has 1 aliphatic rings. The van der Waals surface area contributed by atoms with Gasteiger partial charge >= 0.3 is 12.7 Å². The lowest BCUT2D eigenvalue weighted by Gasteiger charge is -2.19. The maximum atomic E-state index is 13.6. The lowest BCUT2D eigenvalue weighted by atomic mass is 10.0. The summed E-state index contributed by atoms with van der Waals surface area (Å²) >= 11 is 0. The van der Waals surface area contributed by atoms with Crippen molar-refractivity contribution >= 4 is 6.09 Å². The number of alkyl halides is 2. The first-order valence-electron chi connectivity index (χ1n) is 7.99. The van der Waals surface area contributed by atoms with Crippen molar-refractivity contribution in [1.29, 1.82) is 0 Å². The molecule has 2 aromatic rings. The zero-order valence-corrected chi connectivity index (χ0v) is 14.2. The number of nitrogens with zero attached hydrogens (tertiary/aromatic N) is 2. The fraction of sp³-hybridized carbons (Fsp3) is 0.333. The van der Waals surface area contributed by atoms with Crippen molar-refractivity contribution < 1.29 is 27.4 Å². The van der Waals surface area contributed by atoms with E-state index < -0.39 is 24.3 Å². The molecule has 1 unspecified atom stereocenters. The van der Waals surface area contributed by atoms with E-state index in [0.717, 1.165) is 17.3 Å². The molecule has 1 amide bonds. The highest BCUT2D eigenvalue weighted by Gasteiger charge is 2.29. The molecule has 26 heavy (non-hydrogen) atoms. The minimum atomic E-state index is -3.12. The molecule has 0 bridgehead atoms. The summed E-state index contributed by atoms with van der Waals surface area (Å²) in [5.74, 6) is -1.40. The van der Waals surface area contributed by atoms with Gasteiger partial charge < -0.3 is 9.47 Å². The van der Waals surface area contributed by atoms with Crippen LogP contribution in [0.25, 0.3) is 11.1 Å². The van der Waals surface area contributed by atoms with Crippen LogP contribution in [0, 0.1) is 12.7 Å². The summed E-state index contributed by atoms with van der Waals surface area (Å²) in [6, 6.07) is 5.45. The number of ether oxygens (including phenoxy) is 2. The van der Waals surface area contributed by atoms with Crippen LogP contribution in [-0.2, 0) is 11.3 Å². The maximum Gasteiger partial charge on any atom is 0.410 e. The van der Waals surface area contributed by atoms with Gasteiger partial charge in [0.15, 0.2) is 11.6 Å². The number of hydrogen-bond donors (Lipinski definition) is 0. The van der Waals surface area contributed by atoms with Gasteiger partial charge in [-0.1, -0.05) is 6.07 Å². The molecular weight excluding hydrogens is 349 g/mol. The maximum absolute atomic E-state index is 13.6. The Morgan fingerprint density at radius 3 is 2.77 bits per heavy atom. The number of cyclic esters (lactones) is 1. The van der Waals surface area contributed by atoms with E-state index in [1.807, 2.05) is 6.92 Å². The van der Waals surface area contributed by atoms with E-state index in [1.54, 1.807) is 24.1 Å². The van der Waals surface area contributed by atoms with Gasteiger partial charge in [0.2, 0.25) is 0 Å². The predicted molar refractivity (Wildman–Crippen MR) is 87.4 cm³/mol. The quantitative estimate of drug-likeness (QED) is 0.798. The van der Waals surface area contributed by atoms with Crippen LogP contribution in [0.4, 0.5) is 18.0 Å². The van der Waals surface area contributed by atoms with Gasteiger partial charge in [-0.2, -0.15) is 8.78 Å². The van der Waals surface area contributed by atoms with Gasteiger partial charge in [-0.15, -0.1) is 0 Å². The Labute approximate surface area is 148 Å². The monoisotopic (exact) mass is 366 g/mol. The summed E-state index contributed by atoms with van der Waals surface area (Å²) in [6.07, 6.45) is 1.17. The second-order valence-electron chi connectivity index (χ2n) is 6.05. The first-order valence-corrected chi connectivity index (χ1v) is 7.99. The molecule has 1 aliphatic heterocycles. The van der Waals surface area contributed by atoms with Crippen LogP contribution >= 0.6 is 0 Å². The SMILES string of the molecule is Cc1ncc(-c2ccc(F)c(OC(F)F)c2)cc1CN1C(=O)OCC1C. The first kappa shape index (κ1) is 18.0. The largest absolute Gasteiger partial charge is 0.447 e. The third kappa shape index (κ3) is 3.74. The van der Waals surface area contributed by atoms with Crippen LogP contribution in [0.1, 0.15) is 18.2 Å². The molecule has 5 nitrogen and oxygen atoms in total. The molecule has 1 fully saturated rings. The van der Waals surface area contributed by atoms with Crippen LogP contribution in [0.5, 0.6) is 5.75 Å². The summed E-state index contributed by atoms with van der Waals surface area (Å²) < 4.78 is 47.6. The van der Waals surface area contributed by atoms with Crippen molar-refractivity contribution in [3.05, 3.63) is 47.5 Å². The van der Waals surface area contributed by atoms with Crippen LogP contribution in [0.3, 0.4) is 0 Å². The second-order valence-corrected chi connectivity index (χ2v) is 6.05. The molecule has 0 N–H and O–H groups in total. The fourth-order valence-electron chi connectivity index (χ4n) is 2.71. The molecule has 1 atom stereocenters. The molecule has 2 heterocycles. The van der Waals surface area contributed by atoms with Crippen molar-refractivity contribution in [1.82, 2.24) is 9.88 Å². The molecule has 1 aromatic carbocycles. The predicted octanol–water partition coefficient (Wildman–Crippen LogP) is 4.14. The van der Waals surface area contributed by atoms with Crippen molar-refractivity contribution in [3.63, 3.8) is 0 Å². The Bertz CT molecular complexity index is 829. The standard InChI is InChI=1S/C18H17F3N2O3/c1-10-9-25-18(24)23(10)8-14-5-13(7-22-11(14)2)12-3-4-15(19)16(6-12)26-17(20)21/h3-7,10,17H,8-9H2,1-2H3. The minimum absolute atomic E-state index is 0.0533. The smallest absolute Gasteiger partial charge is 0.410 e. The molecule has 0 spiro atoms. The van der Waals surface area contributed by atoms with E-state index in [2.05, 4.69) is 9.72 Å². The van der Waals surface area contributed by atoms with Crippen molar-refractivity contribution in [2.45, 2.75) is 33.0 Å².